The van der Waals surface area contributed by atoms with Crippen LogP contribution < -0.4 is 4.72 Å². The normalized spacial score (nSPS) is 8.90. The molecule has 0 saturated carbocycles. The maximum Gasteiger partial charge on any atom is 0.0526 e. The van der Waals surface area contributed by atoms with Crippen molar-refractivity contribution in [2.75, 3.05) is 4.72 Å². The lowest BCUT2D eigenvalue weighted by Crippen LogP contribution is -1.87. The lowest BCUT2D eigenvalue weighted by molar-refractivity contribution is 1.54. The second kappa shape index (κ2) is 3.27. The Morgan fingerprint density at radius 3 is 2.60 bits per heavy atom. The average Bonchev–Trinajstić information content (AvgIpc) is 2.04. The highest BCUT2D eigenvalue weighted by atomic mass is 32.1. The second-order valence-corrected chi connectivity index (χ2v) is 2.07. The van der Waals surface area contributed by atoms with Gasteiger partial charge >= 0.3 is 0 Å². The fourth-order valence-electron chi connectivity index (χ4n) is 0.725. The minimum Gasteiger partial charge on any atom is -0.332 e. The molecule has 0 unspecified atom stereocenters. The van der Waals surface area contributed by atoms with E-state index in [1.54, 1.807) is 0 Å². The van der Waals surface area contributed by atoms with Crippen molar-refractivity contribution in [2.24, 2.45) is 0 Å². The van der Waals surface area contributed by atoms with Crippen LogP contribution in [0.4, 0.5) is 5.69 Å². The molecule has 0 aliphatic heterocycles. The Morgan fingerprint density at radius 1 is 1.40 bits per heavy atom. The van der Waals surface area contributed by atoms with Gasteiger partial charge in [-0.05, 0) is 6.07 Å². The van der Waals surface area contributed by atoms with Gasteiger partial charge in [0.05, 0.1) is 5.69 Å². The van der Waals surface area contributed by atoms with E-state index in [0.717, 1.165) is 11.3 Å². The molecule has 3 heteroatoms. The molecule has 0 spiro atoms. The highest BCUT2D eigenvalue weighted by molar-refractivity contribution is 7.81. The first-order valence-corrected chi connectivity index (χ1v) is 3.33. The summed E-state index contributed by atoms with van der Waals surface area (Å²) in [6, 6.07) is 7.50. The van der Waals surface area contributed by atoms with E-state index in [2.05, 4.69) is 17.5 Å². The molecule has 2 nitrogen and oxygen atoms in total. The molecule has 0 heterocycles. The van der Waals surface area contributed by atoms with Crippen LogP contribution in [0.3, 0.4) is 0 Å². The summed E-state index contributed by atoms with van der Waals surface area (Å²) in [6.45, 7) is 0. The predicted molar refractivity (Wildman–Crippen MR) is 46.9 cm³/mol. The minimum absolute atomic E-state index is 0.845. The quantitative estimate of drug-likeness (QED) is 0.439. The van der Waals surface area contributed by atoms with Crippen LogP contribution in [0.25, 0.3) is 0 Å². The molecule has 0 saturated heterocycles. The molecule has 1 rings (SSSR count). The Hall–Kier alpha value is -0.960. The summed E-state index contributed by atoms with van der Waals surface area (Å²) < 4.78 is 2.69. The van der Waals surface area contributed by atoms with Gasteiger partial charge in [-0.3, -0.25) is 0 Å². The number of hydrogen-bond acceptors (Lipinski definition) is 3. The van der Waals surface area contributed by atoms with Gasteiger partial charge in [-0.25, -0.2) is 0 Å². The molecule has 0 aliphatic rings. The molecule has 52 valence electrons. The van der Waals surface area contributed by atoms with Crippen LogP contribution in [0.2, 0.25) is 0 Å². The van der Waals surface area contributed by atoms with Crippen LogP contribution in [-0.2, 0) is 0 Å². The molecular weight excluding hydrogens is 144 g/mol. The summed E-state index contributed by atoms with van der Waals surface area (Å²) in [5.41, 5.74) is 1.71. The van der Waals surface area contributed by atoms with Crippen LogP contribution in [0.5, 0.6) is 0 Å². The van der Waals surface area contributed by atoms with Crippen molar-refractivity contribution in [3.63, 3.8) is 0 Å². The molecule has 2 N–H and O–H groups in total. The van der Waals surface area contributed by atoms with E-state index in [1.807, 2.05) is 24.3 Å². The number of hydrogen-bond donors (Lipinski definition) is 3. The summed E-state index contributed by atoms with van der Waals surface area (Å²) in [5, 5.41) is 6.99. The summed E-state index contributed by atoms with van der Waals surface area (Å²) in [5.74, 6) is 0. The van der Waals surface area contributed by atoms with E-state index in [0.29, 0.717) is 0 Å². The third-order valence-electron chi connectivity index (χ3n) is 1.24. The van der Waals surface area contributed by atoms with Crippen LogP contribution in [0, 0.1) is 5.41 Å². The molecule has 0 aromatic heterocycles. The van der Waals surface area contributed by atoms with Crippen LogP contribution in [-0.4, -0.2) is 6.21 Å². The van der Waals surface area contributed by atoms with Crippen molar-refractivity contribution in [2.45, 2.75) is 0 Å². The van der Waals surface area contributed by atoms with Gasteiger partial charge in [-0.1, -0.05) is 31.0 Å². The van der Waals surface area contributed by atoms with E-state index in [-0.39, 0.29) is 0 Å². The molecule has 0 aliphatic carbocycles. The average molecular weight is 152 g/mol. The Morgan fingerprint density at radius 2 is 2.10 bits per heavy atom. The maximum absolute atomic E-state index is 6.99. The summed E-state index contributed by atoms with van der Waals surface area (Å²) >= 11 is 3.88. The fourth-order valence-corrected chi connectivity index (χ4v) is 0.928. The molecule has 1 aromatic rings. The number of rotatable bonds is 2. The van der Waals surface area contributed by atoms with Gasteiger partial charge in [0.2, 0.25) is 0 Å². The van der Waals surface area contributed by atoms with Gasteiger partial charge in [0.25, 0.3) is 0 Å². The van der Waals surface area contributed by atoms with Gasteiger partial charge < -0.3 is 10.1 Å². The highest BCUT2D eigenvalue weighted by Gasteiger charge is 1.92. The number of anilines is 1. The van der Waals surface area contributed by atoms with E-state index in [1.165, 1.54) is 6.21 Å². The standard InChI is InChI=1S/C7H8N2S/c8-5-6-3-1-2-4-7(6)9-10/h1-5,8-10H. The maximum atomic E-state index is 6.99. The van der Waals surface area contributed by atoms with Crippen molar-refractivity contribution in [1.82, 2.24) is 0 Å². The molecule has 0 amide bonds. The molecule has 1 aromatic carbocycles. The van der Waals surface area contributed by atoms with Crippen molar-refractivity contribution in [3.8, 4) is 0 Å². The zero-order valence-corrected chi connectivity index (χ0v) is 6.23. The van der Waals surface area contributed by atoms with Gasteiger partial charge in [-0.15, -0.1) is 0 Å². The first-order valence-electron chi connectivity index (χ1n) is 2.88. The smallest absolute Gasteiger partial charge is 0.0526 e. The minimum atomic E-state index is 0.845. The third-order valence-corrected chi connectivity index (χ3v) is 1.48. The van der Waals surface area contributed by atoms with Gasteiger partial charge in [0, 0.05) is 11.8 Å². The molecule has 0 radical (unpaired) electrons. The van der Waals surface area contributed by atoms with Gasteiger partial charge in [-0.2, -0.15) is 0 Å². The lowest BCUT2D eigenvalue weighted by atomic mass is 10.2. The summed E-state index contributed by atoms with van der Waals surface area (Å²) in [7, 11) is 0. The first-order chi connectivity index (χ1) is 4.88. The Bertz CT molecular complexity index is 235. The second-order valence-electron chi connectivity index (χ2n) is 1.84. The largest absolute Gasteiger partial charge is 0.332 e. The zero-order chi connectivity index (χ0) is 7.40. The molecule has 0 atom stereocenters. The van der Waals surface area contributed by atoms with Crippen LogP contribution >= 0.6 is 12.8 Å². The highest BCUT2D eigenvalue weighted by Crippen LogP contribution is 2.12. The van der Waals surface area contributed by atoms with Crippen LogP contribution in [0.15, 0.2) is 24.3 Å². The molecule has 0 fully saturated rings. The Balaban J connectivity index is 3.08. The number of nitrogens with one attached hydrogen (secondary N) is 2. The van der Waals surface area contributed by atoms with Crippen molar-refractivity contribution in [1.29, 1.82) is 5.41 Å². The SMILES string of the molecule is N=Cc1ccccc1NS. The van der Waals surface area contributed by atoms with Gasteiger partial charge in [0.1, 0.15) is 0 Å². The van der Waals surface area contributed by atoms with Crippen LogP contribution in [0.1, 0.15) is 5.56 Å². The van der Waals surface area contributed by atoms with E-state index < -0.39 is 0 Å². The van der Waals surface area contributed by atoms with E-state index in [9.17, 15) is 0 Å². The zero-order valence-electron chi connectivity index (χ0n) is 5.33. The van der Waals surface area contributed by atoms with Gasteiger partial charge in [0.15, 0.2) is 0 Å². The Kier molecular flexibility index (Phi) is 2.34. The number of benzene rings is 1. The summed E-state index contributed by atoms with van der Waals surface area (Å²) in [4.78, 5) is 0. The van der Waals surface area contributed by atoms with Crippen molar-refractivity contribution >= 4 is 24.7 Å². The molecular formula is C7H8N2S. The topological polar surface area (TPSA) is 35.9 Å². The van der Waals surface area contributed by atoms with Crippen molar-refractivity contribution in [3.05, 3.63) is 29.8 Å². The number of para-hydroxylation sites is 1. The van der Waals surface area contributed by atoms with E-state index >= 15 is 0 Å². The third kappa shape index (κ3) is 1.30. The predicted octanol–water partition coefficient (Wildman–Crippen LogP) is 1.94. The summed E-state index contributed by atoms with van der Waals surface area (Å²) in [6.07, 6.45) is 1.29. The lowest BCUT2D eigenvalue weighted by Gasteiger charge is -2.00. The Labute approximate surface area is 65.3 Å². The molecule has 0 bridgehead atoms. The van der Waals surface area contributed by atoms with E-state index in [4.69, 9.17) is 5.41 Å². The monoisotopic (exact) mass is 152 g/mol. The number of thiol groups is 1. The molecule has 10 heavy (non-hydrogen) atoms. The fraction of sp³-hybridized carbons (Fsp3) is 0. The van der Waals surface area contributed by atoms with Crippen molar-refractivity contribution < 1.29 is 0 Å². The first kappa shape index (κ1) is 7.15.